The van der Waals surface area contributed by atoms with Gasteiger partial charge in [0.1, 0.15) is 5.84 Å². The fourth-order valence-corrected chi connectivity index (χ4v) is 2.43. The first-order valence-corrected chi connectivity index (χ1v) is 7.24. The van der Waals surface area contributed by atoms with E-state index in [-0.39, 0.29) is 11.3 Å². The van der Waals surface area contributed by atoms with Crippen molar-refractivity contribution >= 4 is 29.1 Å². The molecule has 0 radical (unpaired) electrons. The van der Waals surface area contributed by atoms with E-state index in [1.54, 1.807) is 24.0 Å². The maximum atomic E-state index is 12.1. The number of para-hydroxylation sites is 1. The van der Waals surface area contributed by atoms with Crippen molar-refractivity contribution in [1.82, 2.24) is 0 Å². The number of hydrogen-bond acceptors (Lipinski definition) is 5. The van der Waals surface area contributed by atoms with Gasteiger partial charge in [-0.1, -0.05) is 30.3 Å². The highest BCUT2D eigenvalue weighted by Crippen LogP contribution is 2.25. The van der Waals surface area contributed by atoms with Crippen molar-refractivity contribution in [2.24, 2.45) is 15.2 Å². The second kappa shape index (κ2) is 6.41. The summed E-state index contributed by atoms with van der Waals surface area (Å²) in [7, 11) is 0. The Labute approximate surface area is 138 Å². The molecular formula is C17H14N4O3. The van der Waals surface area contributed by atoms with Gasteiger partial charge in [0, 0.05) is 5.69 Å². The SMILES string of the molecule is CC1=NC(=O)[C@H](N=Nc2ccccc2C(=O)O)N1c1ccccc1. The van der Waals surface area contributed by atoms with Crippen LogP contribution in [0.5, 0.6) is 0 Å². The van der Waals surface area contributed by atoms with Crippen LogP contribution in [-0.4, -0.2) is 29.0 Å². The highest BCUT2D eigenvalue weighted by molar-refractivity contribution is 6.13. The molecule has 0 bridgehead atoms. The van der Waals surface area contributed by atoms with Gasteiger partial charge in [0.15, 0.2) is 0 Å². The van der Waals surface area contributed by atoms with Crippen molar-refractivity contribution < 1.29 is 14.7 Å². The van der Waals surface area contributed by atoms with Crippen LogP contribution >= 0.6 is 0 Å². The third kappa shape index (κ3) is 2.91. The lowest BCUT2D eigenvalue weighted by Gasteiger charge is -2.21. The van der Waals surface area contributed by atoms with E-state index in [2.05, 4.69) is 15.2 Å². The number of anilines is 1. The topological polar surface area (TPSA) is 94.7 Å². The van der Waals surface area contributed by atoms with Crippen LogP contribution in [0.2, 0.25) is 0 Å². The molecule has 2 aromatic rings. The molecule has 120 valence electrons. The number of aromatic carboxylic acids is 1. The Bertz CT molecular complexity index is 846. The van der Waals surface area contributed by atoms with Crippen LogP contribution < -0.4 is 4.90 Å². The van der Waals surface area contributed by atoms with Crippen molar-refractivity contribution in [3.63, 3.8) is 0 Å². The molecule has 1 aliphatic rings. The predicted octanol–water partition coefficient (Wildman–Crippen LogP) is 3.26. The Morgan fingerprint density at radius 3 is 2.50 bits per heavy atom. The summed E-state index contributed by atoms with van der Waals surface area (Å²) in [5, 5.41) is 17.2. The van der Waals surface area contributed by atoms with Crippen molar-refractivity contribution in [3.05, 3.63) is 60.2 Å². The van der Waals surface area contributed by atoms with Gasteiger partial charge in [-0.2, -0.15) is 15.2 Å². The molecule has 0 aromatic heterocycles. The minimum Gasteiger partial charge on any atom is -0.478 e. The van der Waals surface area contributed by atoms with E-state index in [4.69, 9.17) is 0 Å². The number of aliphatic imine (C=N–C) groups is 1. The number of azo groups is 1. The van der Waals surface area contributed by atoms with Gasteiger partial charge in [-0.25, -0.2) is 4.79 Å². The summed E-state index contributed by atoms with van der Waals surface area (Å²) in [6.07, 6.45) is -0.936. The largest absolute Gasteiger partial charge is 0.478 e. The van der Waals surface area contributed by atoms with Crippen molar-refractivity contribution in [3.8, 4) is 0 Å². The standard InChI is InChI=1S/C17H14N4O3/c1-11-18-16(22)15(21(11)12-7-3-2-4-8-12)20-19-14-10-6-5-9-13(14)17(23)24/h2-10,15H,1H3,(H,23,24)/t15-/m1/s1. The molecule has 0 fully saturated rings. The summed E-state index contributed by atoms with van der Waals surface area (Å²) in [6, 6.07) is 15.5. The smallest absolute Gasteiger partial charge is 0.337 e. The zero-order valence-electron chi connectivity index (χ0n) is 12.8. The van der Waals surface area contributed by atoms with Gasteiger partial charge in [-0.15, -0.1) is 0 Å². The van der Waals surface area contributed by atoms with Gasteiger partial charge in [-0.3, -0.25) is 9.69 Å². The van der Waals surface area contributed by atoms with Gasteiger partial charge < -0.3 is 5.11 Å². The lowest BCUT2D eigenvalue weighted by molar-refractivity contribution is -0.118. The van der Waals surface area contributed by atoms with Crippen LogP contribution in [0.1, 0.15) is 17.3 Å². The molecule has 0 saturated heterocycles. The molecule has 1 amide bonds. The Kier molecular flexibility index (Phi) is 4.15. The van der Waals surface area contributed by atoms with Crippen molar-refractivity contribution in [1.29, 1.82) is 0 Å². The Morgan fingerprint density at radius 2 is 1.79 bits per heavy atom. The second-order valence-electron chi connectivity index (χ2n) is 5.11. The minimum absolute atomic E-state index is 0.0237. The number of rotatable bonds is 4. The highest BCUT2D eigenvalue weighted by Gasteiger charge is 2.34. The summed E-state index contributed by atoms with van der Waals surface area (Å²) in [4.78, 5) is 28.9. The van der Waals surface area contributed by atoms with Gasteiger partial charge in [0.05, 0.1) is 11.3 Å². The quantitative estimate of drug-likeness (QED) is 0.874. The number of hydrogen-bond donors (Lipinski definition) is 1. The molecule has 0 saturated carbocycles. The molecule has 1 heterocycles. The molecule has 0 aliphatic carbocycles. The maximum absolute atomic E-state index is 12.1. The molecule has 7 nitrogen and oxygen atoms in total. The van der Waals surface area contributed by atoms with Crippen LogP contribution in [0.25, 0.3) is 0 Å². The Hall–Kier alpha value is -3.35. The highest BCUT2D eigenvalue weighted by atomic mass is 16.4. The zero-order chi connectivity index (χ0) is 17.1. The van der Waals surface area contributed by atoms with Crippen LogP contribution in [0, 0.1) is 0 Å². The van der Waals surface area contributed by atoms with E-state index in [9.17, 15) is 14.7 Å². The Morgan fingerprint density at radius 1 is 1.12 bits per heavy atom. The lowest BCUT2D eigenvalue weighted by atomic mass is 10.2. The summed E-state index contributed by atoms with van der Waals surface area (Å²) in [5.41, 5.74) is 0.978. The number of nitrogens with zero attached hydrogens (tertiary/aromatic N) is 4. The summed E-state index contributed by atoms with van der Waals surface area (Å²) < 4.78 is 0. The Balaban J connectivity index is 1.94. The zero-order valence-corrected chi connectivity index (χ0v) is 12.8. The predicted molar refractivity (Wildman–Crippen MR) is 88.7 cm³/mol. The average molecular weight is 322 g/mol. The normalized spacial score (nSPS) is 17.4. The third-order valence-corrected chi connectivity index (χ3v) is 3.53. The van der Waals surface area contributed by atoms with Crippen molar-refractivity contribution in [2.75, 3.05) is 4.90 Å². The molecule has 2 aromatic carbocycles. The number of carbonyl (C=O) groups excluding carboxylic acids is 1. The van der Waals surface area contributed by atoms with E-state index in [1.807, 2.05) is 30.3 Å². The monoisotopic (exact) mass is 322 g/mol. The first kappa shape index (κ1) is 15.5. The summed E-state index contributed by atoms with van der Waals surface area (Å²) in [6.45, 7) is 1.71. The number of amides is 1. The maximum Gasteiger partial charge on any atom is 0.337 e. The van der Waals surface area contributed by atoms with Gasteiger partial charge in [-0.05, 0) is 31.2 Å². The first-order chi connectivity index (χ1) is 11.6. The van der Waals surface area contributed by atoms with Gasteiger partial charge in [0.25, 0.3) is 5.91 Å². The second-order valence-corrected chi connectivity index (χ2v) is 5.11. The van der Waals surface area contributed by atoms with Crippen LogP contribution in [0.3, 0.4) is 0 Å². The third-order valence-electron chi connectivity index (χ3n) is 3.53. The van der Waals surface area contributed by atoms with E-state index in [0.717, 1.165) is 5.69 Å². The molecule has 1 atom stereocenters. The lowest BCUT2D eigenvalue weighted by Crippen LogP contribution is -2.35. The molecule has 1 aliphatic heterocycles. The molecule has 3 rings (SSSR count). The number of carboxylic acids is 1. The number of carbonyl (C=O) groups is 2. The minimum atomic E-state index is -1.10. The molecular weight excluding hydrogens is 308 g/mol. The molecule has 7 heteroatoms. The van der Waals surface area contributed by atoms with E-state index in [1.165, 1.54) is 12.1 Å². The molecule has 0 spiro atoms. The van der Waals surface area contributed by atoms with Crippen LogP contribution in [0.15, 0.2) is 69.8 Å². The average Bonchev–Trinajstić information content (AvgIpc) is 2.87. The molecule has 1 N–H and O–H groups in total. The summed E-state index contributed by atoms with van der Waals surface area (Å²) >= 11 is 0. The molecule has 0 unspecified atom stereocenters. The summed E-state index contributed by atoms with van der Waals surface area (Å²) in [5.74, 6) is -1.02. The fourth-order valence-electron chi connectivity index (χ4n) is 2.43. The van der Waals surface area contributed by atoms with E-state index in [0.29, 0.717) is 5.84 Å². The van der Waals surface area contributed by atoms with E-state index < -0.39 is 18.0 Å². The number of amidine groups is 1. The number of benzene rings is 2. The van der Waals surface area contributed by atoms with Crippen LogP contribution in [0.4, 0.5) is 11.4 Å². The molecule has 24 heavy (non-hydrogen) atoms. The van der Waals surface area contributed by atoms with Gasteiger partial charge >= 0.3 is 5.97 Å². The van der Waals surface area contributed by atoms with Crippen LogP contribution in [-0.2, 0) is 4.79 Å². The number of carboxylic acid groups (broad SMARTS) is 1. The first-order valence-electron chi connectivity index (χ1n) is 7.24. The van der Waals surface area contributed by atoms with Gasteiger partial charge in [0.2, 0.25) is 6.17 Å². The van der Waals surface area contributed by atoms with E-state index >= 15 is 0 Å². The van der Waals surface area contributed by atoms with Crippen molar-refractivity contribution in [2.45, 2.75) is 13.1 Å². The fraction of sp³-hybridized carbons (Fsp3) is 0.118.